The number of para-hydroxylation sites is 1. The number of aromatic nitrogens is 3. The van der Waals surface area contributed by atoms with Crippen LogP contribution in [-0.4, -0.2) is 46.8 Å². The van der Waals surface area contributed by atoms with Gasteiger partial charge in [-0.3, -0.25) is 4.98 Å². The van der Waals surface area contributed by atoms with Crippen LogP contribution >= 0.6 is 11.6 Å². The second-order valence-electron chi connectivity index (χ2n) is 7.87. The molecular formula is C21H23ClN4O4S. The first kappa shape index (κ1) is 22.8. The fraction of sp³-hybridized carbons (Fsp3) is 0.286. The van der Waals surface area contributed by atoms with E-state index < -0.39 is 21.5 Å². The summed E-state index contributed by atoms with van der Waals surface area (Å²) in [5, 5.41) is 4.69. The predicted molar refractivity (Wildman–Crippen MR) is 116 cm³/mol. The molecule has 0 radical (unpaired) electrons. The van der Waals surface area contributed by atoms with Crippen molar-refractivity contribution >= 4 is 27.5 Å². The van der Waals surface area contributed by atoms with Crippen molar-refractivity contribution in [3.05, 3.63) is 65.6 Å². The third kappa shape index (κ3) is 5.23. The van der Waals surface area contributed by atoms with E-state index in [1.165, 1.54) is 34.1 Å². The molecule has 0 bridgehead atoms. The Labute approximate surface area is 186 Å². The van der Waals surface area contributed by atoms with E-state index in [0.29, 0.717) is 16.4 Å². The minimum absolute atomic E-state index is 0.0234. The minimum Gasteiger partial charge on any atom is -0.444 e. The first-order chi connectivity index (χ1) is 14.5. The quantitative estimate of drug-likeness (QED) is 0.566. The summed E-state index contributed by atoms with van der Waals surface area (Å²) in [6, 6.07) is 11.2. The predicted octanol–water partition coefficient (Wildman–Crippen LogP) is 4.12. The Kier molecular flexibility index (Phi) is 6.38. The van der Waals surface area contributed by atoms with Crippen molar-refractivity contribution in [2.45, 2.75) is 42.8 Å². The fourth-order valence-electron chi connectivity index (χ4n) is 2.75. The molecular weight excluding hydrogens is 440 g/mol. The van der Waals surface area contributed by atoms with Gasteiger partial charge in [0.1, 0.15) is 5.60 Å². The van der Waals surface area contributed by atoms with Crippen molar-refractivity contribution in [3.63, 3.8) is 0 Å². The highest BCUT2D eigenvalue weighted by Gasteiger charge is 2.27. The van der Waals surface area contributed by atoms with E-state index in [4.69, 9.17) is 16.3 Å². The number of carbonyl (C=O) groups excluding carboxylic acids is 1. The van der Waals surface area contributed by atoms with Gasteiger partial charge in [0.05, 0.1) is 27.8 Å². The summed E-state index contributed by atoms with van der Waals surface area (Å²) < 4.78 is 33.2. The minimum atomic E-state index is -3.95. The molecule has 8 nitrogen and oxygen atoms in total. The maximum Gasteiger partial charge on any atom is 0.410 e. The highest BCUT2D eigenvalue weighted by Crippen LogP contribution is 2.28. The number of carbonyl (C=O) groups is 1. The second kappa shape index (κ2) is 8.68. The molecule has 2 heterocycles. The van der Waals surface area contributed by atoms with E-state index in [1.807, 2.05) is 0 Å². The van der Waals surface area contributed by atoms with Gasteiger partial charge in [0, 0.05) is 25.5 Å². The first-order valence-electron chi connectivity index (χ1n) is 9.42. The smallest absolute Gasteiger partial charge is 0.410 e. The van der Waals surface area contributed by atoms with E-state index >= 15 is 0 Å². The zero-order valence-corrected chi connectivity index (χ0v) is 19.2. The Morgan fingerprint density at radius 1 is 1.19 bits per heavy atom. The van der Waals surface area contributed by atoms with Crippen LogP contribution in [0.1, 0.15) is 26.5 Å². The van der Waals surface area contributed by atoms with Gasteiger partial charge in [-0.25, -0.2) is 17.9 Å². The lowest BCUT2D eigenvalue weighted by atomic mass is 10.2. The lowest BCUT2D eigenvalue weighted by Gasteiger charge is -2.24. The second-order valence-corrected chi connectivity index (χ2v) is 10.2. The van der Waals surface area contributed by atoms with Gasteiger partial charge >= 0.3 is 6.09 Å². The van der Waals surface area contributed by atoms with Gasteiger partial charge < -0.3 is 9.64 Å². The summed E-state index contributed by atoms with van der Waals surface area (Å²) in [6.07, 6.45) is 2.22. The number of pyridine rings is 1. The topological polar surface area (TPSA) is 94.4 Å². The molecule has 0 unspecified atom stereocenters. The number of sulfone groups is 1. The summed E-state index contributed by atoms with van der Waals surface area (Å²) in [4.78, 5) is 17.6. The van der Waals surface area contributed by atoms with Crippen LogP contribution in [0.2, 0.25) is 5.02 Å². The van der Waals surface area contributed by atoms with Crippen molar-refractivity contribution < 1.29 is 17.9 Å². The van der Waals surface area contributed by atoms with Crippen LogP contribution < -0.4 is 0 Å². The van der Waals surface area contributed by atoms with E-state index in [2.05, 4.69) is 10.1 Å². The monoisotopic (exact) mass is 462 g/mol. The molecule has 10 heteroatoms. The summed E-state index contributed by atoms with van der Waals surface area (Å²) in [6.45, 7) is 5.35. The van der Waals surface area contributed by atoms with Gasteiger partial charge in [0.25, 0.3) is 0 Å². The van der Waals surface area contributed by atoms with Crippen LogP contribution in [0.4, 0.5) is 4.79 Å². The molecule has 0 atom stereocenters. The van der Waals surface area contributed by atoms with Crippen LogP contribution in [0.15, 0.2) is 64.8 Å². The van der Waals surface area contributed by atoms with E-state index in [0.717, 1.165) is 0 Å². The van der Waals surface area contributed by atoms with E-state index in [9.17, 15) is 13.2 Å². The number of halogens is 1. The standard InChI is InChI=1S/C21H23ClN4O4S/c1-21(2,3)30-20(27)25(4)14-15-12-19(31(28,29)16-8-7-11-23-13-16)26(24-15)18-10-6-5-9-17(18)22/h5-13H,14H2,1-4H3. The van der Waals surface area contributed by atoms with Crippen LogP contribution in [0.5, 0.6) is 0 Å². The van der Waals surface area contributed by atoms with Gasteiger partial charge in [-0.15, -0.1) is 0 Å². The zero-order chi connectivity index (χ0) is 22.8. The SMILES string of the molecule is CN(Cc1cc(S(=O)(=O)c2cccnc2)n(-c2ccccc2Cl)n1)C(=O)OC(C)(C)C. The highest BCUT2D eigenvalue weighted by atomic mass is 35.5. The van der Waals surface area contributed by atoms with Crippen molar-refractivity contribution in [2.75, 3.05) is 7.05 Å². The zero-order valence-electron chi connectivity index (χ0n) is 17.6. The summed E-state index contributed by atoms with van der Waals surface area (Å²) in [5.74, 6) is 0. The average molecular weight is 463 g/mol. The molecule has 0 spiro atoms. The number of hydrogen-bond acceptors (Lipinski definition) is 6. The Balaban J connectivity index is 2.05. The number of hydrogen-bond donors (Lipinski definition) is 0. The number of ether oxygens (including phenoxy) is 1. The lowest BCUT2D eigenvalue weighted by molar-refractivity contribution is 0.0283. The summed E-state index contributed by atoms with van der Waals surface area (Å²) in [5.41, 5.74) is 0.102. The average Bonchev–Trinajstić information content (AvgIpc) is 3.12. The van der Waals surface area contributed by atoms with Crippen molar-refractivity contribution in [3.8, 4) is 5.69 Å². The maximum absolute atomic E-state index is 13.3. The van der Waals surface area contributed by atoms with Crippen LogP contribution in [0, 0.1) is 0 Å². The molecule has 0 fully saturated rings. The molecule has 164 valence electrons. The van der Waals surface area contributed by atoms with Crippen LogP contribution in [0.3, 0.4) is 0 Å². The number of amides is 1. The Morgan fingerprint density at radius 2 is 1.90 bits per heavy atom. The van der Waals surface area contributed by atoms with Crippen LogP contribution in [0.25, 0.3) is 5.69 Å². The van der Waals surface area contributed by atoms with Gasteiger partial charge in [-0.2, -0.15) is 5.10 Å². The molecule has 0 saturated heterocycles. The molecule has 3 aromatic rings. The molecule has 0 aliphatic heterocycles. The molecule has 31 heavy (non-hydrogen) atoms. The van der Waals surface area contributed by atoms with Crippen molar-refractivity contribution in [2.24, 2.45) is 0 Å². The molecule has 1 aromatic carbocycles. The number of nitrogens with zero attached hydrogens (tertiary/aromatic N) is 4. The third-order valence-electron chi connectivity index (χ3n) is 4.13. The summed E-state index contributed by atoms with van der Waals surface area (Å²) >= 11 is 6.31. The normalized spacial score (nSPS) is 11.9. The Hall–Kier alpha value is -2.91. The maximum atomic E-state index is 13.3. The molecule has 0 saturated carbocycles. The van der Waals surface area contributed by atoms with Gasteiger partial charge in [0.15, 0.2) is 5.03 Å². The third-order valence-corrected chi connectivity index (χ3v) is 6.16. The first-order valence-corrected chi connectivity index (χ1v) is 11.3. The molecule has 3 rings (SSSR count). The fourth-order valence-corrected chi connectivity index (χ4v) is 4.32. The van der Waals surface area contributed by atoms with Gasteiger partial charge in [-0.05, 0) is 45.0 Å². The highest BCUT2D eigenvalue weighted by molar-refractivity contribution is 7.91. The van der Waals surface area contributed by atoms with E-state index in [-0.39, 0.29) is 16.5 Å². The van der Waals surface area contributed by atoms with E-state index in [1.54, 1.807) is 58.2 Å². The summed E-state index contributed by atoms with van der Waals surface area (Å²) in [7, 11) is -2.40. The van der Waals surface area contributed by atoms with Crippen molar-refractivity contribution in [1.82, 2.24) is 19.7 Å². The molecule has 0 aliphatic carbocycles. The molecule has 1 amide bonds. The van der Waals surface area contributed by atoms with Crippen molar-refractivity contribution in [1.29, 1.82) is 0 Å². The number of rotatable bonds is 5. The largest absolute Gasteiger partial charge is 0.444 e. The molecule has 0 N–H and O–H groups in total. The van der Waals surface area contributed by atoms with Crippen LogP contribution in [-0.2, 0) is 21.1 Å². The molecule has 0 aliphatic rings. The van der Waals surface area contributed by atoms with Gasteiger partial charge in [0.2, 0.25) is 9.84 Å². The Bertz CT molecular complexity index is 1190. The Morgan fingerprint density at radius 3 is 2.52 bits per heavy atom. The number of benzene rings is 1. The molecule has 2 aromatic heterocycles. The van der Waals surface area contributed by atoms with Gasteiger partial charge in [-0.1, -0.05) is 23.7 Å². The lowest BCUT2D eigenvalue weighted by Crippen LogP contribution is -2.33.